The standard InChI is InChI=1S/C20H38O4/c1-4-5-6-7-8-9-10-11-12-13-14-15-24-19(23)17-20(2,3)16-18(21)22/h4-17H2,1-3H3,(H,21,22). The zero-order valence-corrected chi connectivity index (χ0v) is 16.1. The van der Waals surface area contributed by atoms with Gasteiger partial charge >= 0.3 is 11.9 Å². The third-order valence-electron chi connectivity index (χ3n) is 4.26. The number of ether oxygens (including phenoxy) is 1. The lowest BCUT2D eigenvalue weighted by Gasteiger charge is -2.20. The molecule has 0 aromatic rings. The molecule has 0 aliphatic heterocycles. The van der Waals surface area contributed by atoms with Crippen LogP contribution >= 0.6 is 0 Å². The molecule has 0 rings (SSSR count). The first kappa shape index (κ1) is 22.9. The molecule has 1 N–H and O–H groups in total. The number of unbranched alkanes of at least 4 members (excludes halogenated alkanes) is 10. The van der Waals surface area contributed by atoms with Crippen LogP contribution in [0.15, 0.2) is 0 Å². The molecule has 0 aromatic carbocycles. The summed E-state index contributed by atoms with van der Waals surface area (Å²) in [6.07, 6.45) is 14.1. The van der Waals surface area contributed by atoms with E-state index in [4.69, 9.17) is 9.84 Å². The van der Waals surface area contributed by atoms with Crippen LogP contribution in [0.2, 0.25) is 0 Å². The monoisotopic (exact) mass is 342 g/mol. The van der Waals surface area contributed by atoms with Gasteiger partial charge in [0.25, 0.3) is 0 Å². The molecule has 0 bridgehead atoms. The lowest BCUT2D eigenvalue weighted by molar-refractivity contribution is -0.147. The minimum absolute atomic E-state index is 0.0133. The van der Waals surface area contributed by atoms with Crippen LogP contribution in [0.4, 0.5) is 0 Å². The number of rotatable bonds is 16. The van der Waals surface area contributed by atoms with E-state index in [9.17, 15) is 9.59 Å². The normalized spacial score (nSPS) is 11.5. The molecule has 0 saturated heterocycles. The number of carboxylic acids is 1. The summed E-state index contributed by atoms with van der Waals surface area (Å²) in [6, 6.07) is 0. The largest absolute Gasteiger partial charge is 0.481 e. The summed E-state index contributed by atoms with van der Waals surface area (Å²) < 4.78 is 5.21. The van der Waals surface area contributed by atoms with Crippen LogP contribution in [-0.4, -0.2) is 23.7 Å². The second-order valence-electron chi connectivity index (χ2n) is 7.67. The fourth-order valence-corrected chi connectivity index (χ4v) is 2.87. The Labute approximate surface area is 148 Å². The van der Waals surface area contributed by atoms with Gasteiger partial charge in [0.15, 0.2) is 0 Å². The van der Waals surface area contributed by atoms with Crippen molar-refractivity contribution in [2.45, 2.75) is 104 Å². The maximum atomic E-state index is 11.7. The van der Waals surface area contributed by atoms with E-state index in [2.05, 4.69) is 6.92 Å². The smallest absolute Gasteiger partial charge is 0.306 e. The van der Waals surface area contributed by atoms with Crippen LogP contribution in [0.3, 0.4) is 0 Å². The predicted octanol–water partition coefficient (Wildman–Crippen LogP) is 5.73. The quantitative estimate of drug-likeness (QED) is 0.287. The molecule has 0 aromatic heterocycles. The average Bonchev–Trinajstić information content (AvgIpc) is 2.46. The molecular weight excluding hydrogens is 304 g/mol. The number of carbonyl (C=O) groups excluding carboxylic acids is 1. The number of hydrogen-bond donors (Lipinski definition) is 1. The first-order valence-corrected chi connectivity index (χ1v) is 9.75. The Bertz CT molecular complexity index is 337. The average molecular weight is 343 g/mol. The minimum Gasteiger partial charge on any atom is -0.481 e. The van der Waals surface area contributed by atoms with Crippen LogP contribution in [-0.2, 0) is 14.3 Å². The van der Waals surface area contributed by atoms with Crippen LogP contribution in [0, 0.1) is 5.41 Å². The van der Waals surface area contributed by atoms with Gasteiger partial charge in [0.1, 0.15) is 0 Å². The van der Waals surface area contributed by atoms with E-state index in [1.807, 2.05) is 0 Å². The van der Waals surface area contributed by atoms with Gasteiger partial charge in [0, 0.05) is 0 Å². The third-order valence-corrected chi connectivity index (χ3v) is 4.26. The summed E-state index contributed by atoms with van der Waals surface area (Å²) in [6.45, 7) is 6.27. The highest BCUT2D eigenvalue weighted by Gasteiger charge is 2.25. The predicted molar refractivity (Wildman–Crippen MR) is 98.1 cm³/mol. The lowest BCUT2D eigenvalue weighted by atomic mass is 9.86. The van der Waals surface area contributed by atoms with Crippen LogP contribution in [0.1, 0.15) is 104 Å². The summed E-state index contributed by atoms with van der Waals surface area (Å²) in [5.74, 6) is -1.16. The molecule has 0 amide bonds. The van der Waals surface area contributed by atoms with Crippen molar-refractivity contribution >= 4 is 11.9 Å². The fourth-order valence-electron chi connectivity index (χ4n) is 2.87. The fraction of sp³-hybridized carbons (Fsp3) is 0.900. The molecule has 0 aliphatic rings. The van der Waals surface area contributed by atoms with Crippen molar-refractivity contribution in [1.29, 1.82) is 0 Å². The number of carboxylic acid groups (broad SMARTS) is 1. The van der Waals surface area contributed by atoms with E-state index < -0.39 is 11.4 Å². The van der Waals surface area contributed by atoms with Crippen molar-refractivity contribution in [3.8, 4) is 0 Å². The Balaban J connectivity index is 3.41. The van der Waals surface area contributed by atoms with E-state index in [-0.39, 0.29) is 18.8 Å². The Morgan fingerprint density at radius 2 is 1.25 bits per heavy atom. The Kier molecular flexibility index (Phi) is 13.7. The SMILES string of the molecule is CCCCCCCCCCCCCOC(=O)CC(C)(C)CC(=O)O. The number of aliphatic carboxylic acids is 1. The van der Waals surface area contributed by atoms with Gasteiger partial charge in [-0.1, -0.05) is 85.0 Å². The number of hydrogen-bond acceptors (Lipinski definition) is 3. The summed E-state index contributed by atoms with van der Waals surface area (Å²) in [5, 5.41) is 8.80. The highest BCUT2D eigenvalue weighted by atomic mass is 16.5. The van der Waals surface area contributed by atoms with E-state index in [0.717, 1.165) is 12.8 Å². The molecule has 0 aliphatic carbocycles. The highest BCUT2D eigenvalue weighted by Crippen LogP contribution is 2.25. The summed E-state index contributed by atoms with van der Waals surface area (Å²) in [4.78, 5) is 22.4. The van der Waals surface area contributed by atoms with Gasteiger partial charge in [-0.05, 0) is 11.8 Å². The molecule has 0 unspecified atom stereocenters. The maximum Gasteiger partial charge on any atom is 0.306 e. The molecule has 0 heterocycles. The first-order valence-electron chi connectivity index (χ1n) is 9.75. The number of carbonyl (C=O) groups is 2. The molecule has 0 atom stereocenters. The van der Waals surface area contributed by atoms with Crippen LogP contribution in [0.5, 0.6) is 0 Å². The van der Waals surface area contributed by atoms with Gasteiger partial charge < -0.3 is 9.84 Å². The molecule has 4 nitrogen and oxygen atoms in total. The molecular formula is C20H38O4. The molecule has 0 radical (unpaired) electrons. The summed E-state index contributed by atoms with van der Waals surface area (Å²) in [7, 11) is 0. The first-order chi connectivity index (χ1) is 11.4. The van der Waals surface area contributed by atoms with Gasteiger partial charge in [-0.3, -0.25) is 9.59 Å². The molecule has 0 fully saturated rings. The van der Waals surface area contributed by atoms with Gasteiger partial charge in [-0.25, -0.2) is 0 Å². The second kappa shape index (κ2) is 14.3. The molecule has 142 valence electrons. The Hall–Kier alpha value is -1.06. The summed E-state index contributed by atoms with van der Waals surface area (Å²) >= 11 is 0. The molecule has 0 spiro atoms. The van der Waals surface area contributed by atoms with Crippen molar-refractivity contribution < 1.29 is 19.4 Å². The van der Waals surface area contributed by atoms with Gasteiger partial charge in [-0.2, -0.15) is 0 Å². The lowest BCUT2D eigenvalue weighted by Crippen LogP contribution is -2.22. The maximum absolute atomic E-state index is 11.7. The zero-order chi connectivity index (χ0) is 18.3. The zero-order valence-electron chi connectivity index (χ0n) is 16.1. The molecule has 24 heavy (non-hydrogen) atoms. The van der Waals surface area contributed by atoms with Gasteiger partial charge in [0.05, 0.1) is 19.4 Å². The van der Waals surface area contributed by atoms with Crippen molar-refractivity contribution in [2.24, 2.45) is 5.41 Å². The van der Waals surface area contributed by atoms with E-state index in [1.54, 1.807) is 13.8 Å². The van der Waals surface area contributed by atoms with Gasteiger partial charge in [-0.15, -0.1) is 0 Å². The van der Waals surface area contributed by atoms with Gasteiger partial charge in [0.2, 0.25) is 0 Å². The van der Waals surface area contributed by atoms with E-state index in [1.165, 1.54) is 57.8 Å². The minimum atomic E-state index is -0.877. The van der Waals surface area contributed by atoms with Crippen molar-refractivity contribution in [1.82, 2.24) is 0 Å². The Morgan fingerprint density at radius 1 is 0.792 bits per heavy atom. The molecule has 4 heteroatoms. The van der Waals surface area contributed by atoms with Crippen LogP contribution in [0.25, 0.3) is 0 Å². The molecule has 0 saturated carbocycles. The van der Waals surface area contributed by atoms with Crippen molar-refractivity contribution in [3.63, 3.8) is 0 Å². The second-order valence-corrected chi connectivity index (χ2v) is 7.67. The number of esters is 1. The van der Waals surface area contributed by atoms with E-state index in [0.29, 0.717) is 6.61 Å². The van der Waals surface area contributed by atoms with Crippen LogP contribution < -0.4 is 0 Å². The highest BCUT2D eigenvalue weighted by molar-refractivity contribution is 5.73. The summed E-state index contributed by atoms with van der Waals surface area (Å²) in [5.41, 5.74) is -0.542. The topological polar surface area (TPSA) is 63.6 Å². The van der Waals surface area contributed by atoms with E-state index >= 15 is 0 Å². The Morgan fingerprint density at radius 3 is 1.71 bits per heavy atom. The van der Waals surface area contributed by atoms with Crippen molar-refractivity contribution in [2.75, 3.05) is 6.61 Å². The third kappa shape index (κ3) is 15.8. The van der Waals surface area contributed by atoms with Crippen molar-refractivity contribution in [3.05, 3.63) is 0 Å².